The summed E-state index contributed by atoms with van der Waals surface area (Å²) in [6, 6.07) is 0. The number of halogens is 3. The van der Waals surface area contributed by atoms with Crippen LogP contribution in [0.4, 0.5) is 13.2 Å². The minimum absolute atomic E-state index is 0.535. The van der Waals surface area contributed by atoms with Crippen LogP contribution in [0.3, 0.4) is 0 Å². The van der Waals surface area contributed by atoms with Gasteiger partial charge in [0.25, 0.3) is 5.56 Å². The van der Waals surface area contributed by atoms with E-state index in [1.165, 1.54) is 6.92 Å². The lowest BCUT2D eigenvalue weighted by molar-refractivity contribution is -0.142. The number of aliphatic hydroxyl groups is 1. The van der Waals surface area contributed by atoms with E-state index < -0.39 is 35.5 Å². The van der Waals surface area contributed by atoms with Gasteiger partial charge in [-0.2, -0.15) is 13.2 Å². The van der Waals surface area contributed by atoms with Crippen LogP contribution in [0.1, 0.15) is 24.1 Å². The van der Waals surface area contributed by atoms with E-state index in [-0.39, 0.29) is 0 Å². The predicted octanol–water partition coefficient (Wildman–Crippen LogP) is 0.884. The third-order valence-electron chi connectivity index (χ3n) is 1.92. The van der Waals surface area contributed by atoms with Crippen molar-refractivity contribution in [3.63, 3.8) is 0 Å². The molecule has 0 spiro atoms. The number of nitrogens with zero attached hydrogens (tertiary/aromatic N) is 1. The minimum atomic E-state index is -4.69. The highest BCUT2D eigenvalue weighted by molar-refractivity contribution is 5.23. The number of H-pyrrole nitrogens is 1. The normalized spacial score (nSPS) is 13.9. The largest absolute Gasteiger partial charge is 0.433 e. The summed E-state index contributed by atoms with van der Waals surface area (Å²) < 4.78 is 37.3. The second-order valence-corrected chi connectivity index (χ2v) is 3.08. The summed E-state index contributed by atoms with van der Waals surface area (Å²) in [7, 11) is 0. The van der Waals surface area contributed by atoms with E-state index >= 15 is 0 Å². The van der Waals surface area contributed by atoms with Gasteiger partial charge in [0.05, 0.1) is 11.9 Å². The number of alkyl halides is 3. The summed E-state index contributed by atoms with van der Waals surface area (Å²) in [5.74, 6) is -0.904. The van der Waals surface area contributed by atoms with Crippen molar-refractivity contribution in [2.75, 3.05) is 6.61 Å². The van der Waals surface area contributed by atoms with Gasteiger partial charge in [-0.3, -0.25) is 4.79 Å². The fourth-order valence-corrected chi connectivity index (χ4v) is 1.18. The molecule has 0 aliphatic heterocycles. The molecule has 0 fully saturated rings. The van der Waals surface area contributed by atoms with Crippen molar-refractivity contribution < 1.29 is 18.3 Å². The van der Waals surface area contributed by atoms with Gasteiger partial charge in [0, 0.05) is 12.5 Å². The van der Waals surface area contributed by atoms with Crippen LogP contribution in [-0.4, -0.2) is 21.7 Å². The molecule has 4 nitrogen and oxygen atoms in total. The lowest BCUT2D eigenvalue weighted by Gasteiger charge is -2.13. The number of hydrogen-bond donors (Lipinski definition) is 2. The minimum Gasteiger partial charge on any atom is -0.396 e. The van der Waals surface area contributed by atoms with Gasteiger partial charge in [-0.15, -0.1) is 0 Å². The molecule has 1 heterocycles. The maximum absolute atomic E-state index is 12.4. The number of hydrogen-bond acceptors (Lipinski definition) is 3. The van der Waals surface area contributed by atoms with E-state index in [2.05, 4.69) is 4.98 Å². The average Bonchev–Trinajstić information content (AvgIpc) is 2.15. The quantitative estimate of drug-likeness (QED) is 0.780. The zero-order valence-electron chi connectivity index (χ0n) is 7.80. The Labute approximate surface area is 82.8 Å². The van der Waals surface area contributed by atoms with Crippen LogP contribution in [0.25, 0.3) is 0 Å². The Hall–Kier alpha value is -1.37. The lowest BCUT2D eigenvalue weighted by atomic mass is 10.0. The summed E-state index contributed by atoms with van der Waals surface area (Å²) in [5, 5.41) is 8.75. The molecule has 7 heteroatoms. The standard InChI is InChI=1S/C8H9F3N2O2/c1-4(2-14)5-6(8(9,10)11)12-3-13-7(5)15/h3-4,14H,2H2,1H3,(H,12,13,15). The zero-order valence-corrected chi connectivity index (χ0v) is 7.80. The third-order valence-corrected chi connectivity index (χ3v) is 1.92. The summed E-state index contributed by atoms with van der Waals surface area (Å²) in [6.45, 7) is 0.777. The average molecular weight is 222 g/mol. The van der Waals surface area contributed by atoms with Crippen molar-refractivity contribution in [2.24, 2.45) is 0 Å². The Morgan fingerprint density at radius 3 is 2.67 bits per heavy atom. The van der Waals surface area contributed by atoms with Crippen LogP contribution >= 0.6 is 0 Å². The highest BCUT2D eigenvalue weighted by Gasteiger charge is 2.37. The summed E-state index contributed by atoms with van der Waals surface area (Å²) in [6.07, 6.45) is -3.99. The summed E-state index contributed by atoms with van der Waals surface area (Å²) in [4.78, 5) is 16.3. The second-order valence-electron chi connectivity index (χ2n) is 3.08. The van der Waals surface area contributed by atoms with E-state index in [4.69, 9.17) is 5.11 Å². The van der Waals surface area contributed by atoms with Gasteiger partial charge in [0.15, 0.2) is 5.69 Å². The summed E-state index contributed by atoms with van der Waals surface area (Å²) in [5.41, 5.74) is -2.65. The molecule has 0 saturated carbocycles. The molecule has 15 heavy (non-hydrogen) atoms. The molecule has 1 aromatic heterocycles. The highest BCUT2D eigenvalue weighted by Crippen LogP contribution is 2.31. The topological polar surface area (TPSA) is 66.0 Å². The van der Waals surface area contributed by atoms with Crippen LogP contribution in [0.15, 0.2) is 11.1 Å². The van der Waals surface area contributed by atoms with Crippen LogP contribution in [-0.2, 0) is 6.18 Å². The van der Waals surface area contributed by atoms with E-state index in [0.717, 1.165) is 0 Å². The molecule has 1 atom stereocenters. The molecule has 0 aromatic carbocycles. The number of nitrogens with one attached hydrogen (secondary N) is 1. The van der Waals surface area contributed by atoms with Gasteiger partial charge >= 0.3 is 6.18 Å². The van der Waals surface area contributed by atoms with Crippen LogP contribution in [0, 0.1) is 0 Å². The maximum Gasteiger partial charge on any atom is 0.433 e. The monoisotopic (exact) mass is 222 g/mol. The molecule has 1 rings (SSSR count). The first-order valence-corrected chi connectivity index (χ1v) is 4.13. The molecule has 1 unspecified atom stereocenters. The van der Waals surface area contributed by atoms with Crippen molar-refractivity contribution in [1.82, 2.24) is 9.97 Å². The number of rotatable bonds is 2. The molecular weight excluding hydrogens is 213 g/mol. The van der Waals surface area contributed by atoms with Crippen LogP contribution in [0.5, 0.6) is 0 Å². The van der Waals surface area contributed by atoms with Crippen molar-refractivity contribution >= 4 is 0 Å². The van der Waals surface area contributed by atoms with Gasteiger partial charge in [-0.05, 0) is 0 Å². The number of aliphatic hydroxyl groups excluding tert-OH is 1. The fraction of sp³-hybridized carbons (Fsp3) is 0.500. The molecule has 84 valence electrons. The Bertz CT molecular complexity index is 400. The first-order chi connectivity index (χ1) is 6.88. The molecule has 0 aliphatic rings. The first-order valence-electron chi connectivity index (χ1n) is 4.13. The van der Waals surface area contributed by atoms with Gasteiger partial charge in [-0.1, -0.05) is 6.92 Å². The zero-order chi connectivity index (χ0) is 11.6. The molecule has 0 aliphatic carbocycles. The van der Waals surface area contributed by atoms with E-state index in [1.807, 2.05) is 4.98 Å². The Kier molecular flexibility index (Phi) is 3.13. The second kappa shape index (κ2) is 4.01. The van der Waals surface area contributed by atoms with Gasteiger partial charge in [0.1, 0.15) is 0 Å². The molecule has 0 amide bonds. The van der Waals surface area contributed by atoms with E-state index in [9.17, 15) is 18.0 Å². The lowest BCUT2D eigenvalue weighted by Crippen LogP contribution is -2.25. The van der Waals surface area contributed by atoms with Crippen molar-refractivity contribution in [3.8, 4) is 0 Å². The van der Waals surface area contributed by atoms with E-state index in [0.29, 0.717) is 6.33 Å². The number of aromatic nitrogens is 2. The Balaban J connectivity index is 3.40. The molecule has 0 saturated heterocycles. The van der Waals surface area contributed by atoms with Crippen molar-refractivity contribution in [1.29, 1.82) is 0 Å². The summed E-state index contributed by atoms with van der Waals surface area (Å²) >= 11 is 0. The van der Waals surface area contributed by atoms with Crippen LogP contribution in [0.2, 0.25) is 0 Å². The molecular formula is C8H9F3N2O2. The molecule has 2 N–H and O–H groups in total. The first kappa shape index (κ1) is 11.7. The molecule has 0 radical (unpaired) electrons. The van der Waals surface area contributed by atoms with Crippen molar-refractivity contribution in [2.45, 2.75) is 19.0 Å². The van der Waals surface area contributed by atoms with Gasteiger partial charge in [-0.25, -0.2) is 4.98 Å². The highest BCUT2D eigenvalue weighted by atomic mass is 19.4. The van der Waals surface area contributed by atoms with Gasteiger partial charge in [0.2, 0.25) is 0 Å². The van der Waals surface area contributed by atoms with Crippen LogP contribution < -0.4 is 5.56 Å². The Morgan fingerprint density at radius 1 is 1.60 bits per heavy atom. The fourth-order valence-electron chi connectivity index (χ4n) is 1.18. The van der Waals surface area contributed by atoms with E-state index in [1.54, 1.807) is 0 Å². The van der Waals surface area contributed by atoms with Crippen molar-refractivity contribution in [3.05, 3.63) is 27.9 Å². The SMILES string of the molecule is CC(CO)c1c(C(F)(F)F)nc[nH]c1=O. The molecule has 1 aromatic rings. The number of aromatic amines is 1. The maximum atomic E-state index is 12.4. The predicted molar refractivity (Wildman–Crippen MR) is 45.4 cm³/mol. The third kappa shape index (κ3) is 2.35. The van der Waals surface area contributed by atoms with Gasteiger partial charge < -0.3 is 10.1 Å². The Morgan fingerprint density at radius 2 is 2.20 bits per heavy atom. The smallest absolute Gasteiger partial charge is 0.396 e. The molecule has 0 bridgehead atoms.